The molecule has 1 heterocycles. The highest BCUT2D eigenvalue weighted by molar-refractivity contribution is 7.12. The van der Waals surface area contributed by atoms with Gasteiger partial charge >= 0.3 is 0 Å². The standard InChI is InChI=1S/C18H22N2O2S/c1-4-13(2)17(21)19-15-9-6-5-8-14(15)12-20(3)18(22)16-10-7-11-23-16/h5-11,13H,4,12H2,1-3H3,(H,19,21)/t13-/m0/s1. The second kappa shape index (κ2) is 7.92. The highest BCUT2D eigenvalue weighted by atomic mass is 32.1. The van der Waals surface area contributed by atoms with Crippen LogP contribution in [0.3, 0.4) is 0 Å². The van der Waals surface area contributed by atoms with Gasteiger partial charge in [0.15, 0.2) is 0 Å². The molecule has 2 amide bonds. The Morgan fingerprint density at radius 1 is 1.22 bits per heavy atom. The summed E-state index contributed by atoms with van der Waals surface area (Å²) in [4.78, 5) is 26.8. The third-order valence-electron chi connectivity index (χ3n) is 3.82. The average molecular weight is 330 g/mol. The van der Waals surface area contributed by atoms with E-state index >= 15 is 0 Å². The minimum absolute atomic E-state index is 0.00665. The van der Waals surface area contributed by atoms with E-state index in [2.05, 4.69) is 5.32 Å². The highest BCUT2D eigenvalue weighted by Gasteiger charge is 2.16. The molecule has 0 fully saturated rings. The van der Waals surface area contributed by atoms with Gasteiger partial charge in [0.2, 0.25) is 5.91 Å². The molecular weight excluding hydrogens is 308 g/mol. The normalized spacial score (nSPS) is 11.8. The fraction of sp³-hybridized carbons (Fsp3) is 0.333. The van der Waals surface area contributed by atoms with Gasteiger partial charge in [-0.2, -0.15) is 0 Å². The number of anilines is 1. The lowest BCUT2D eigenvalue weighted by Gasteiger charge is -2.19. The van der Waals surface area contributed by atoms with Crippen LogP contribution in [0.5, 0.6) is 0 Å². The lowest BCUT2D eigenvalue weighted by Crippen LogP contribution is -2.27. The maximum Gasteiger partial charge on any atom is 0.263 e. The summed E-state index contributed by atoms with van der Waals surface area (Å²) < 4.78 is 0. The number of hydrogen-bond donors (Lipinski definition) is 1. The Kier molecular flexibility index (Phi) is 5.93. The molecule has 2 rings (SSSR count). The first kappa shape index (κ1) is 17.2. The number of carbonyl (C=O) groups excluding carboxylic acids is 2. The second-order valence-electron chi connectivity index (χ2n) is 5.59. The molecule has 0 aliphatic heterocycles. The molecule has 1 atom stereocenters. The first-order chi connectivity index (χ1) is 11.0. The van der Waals surface area contributed by atoms with Crippen molar-refractivity contribution in [3.63, 3.8) is 0 Å². The van der Waals surface area contributed by atoms with Crippen LogP contribution >= 0.6 is 11.3 Å². The van der Waals surface area contributed by atoms with E-state index < -0.39 is 0 Å². The Hall–Kier alpha value is -2.14. The molecule has 1 N–H and O–H groups in total. The van der Waals surface area contributed by atoms with Gasteiger partial charge in [0.1, 0.15) is 0 Å². The van der Waals surface area contributed by atoms with Crippen LogP contribution in [-0.2, 0) is 11.3 Å². The Labute approximate surface area is 141 Å². The molecule has 1 aromatic heterocycles. The van der Waals surface area contributed by atoms with Gasteiger partial charge in [0.05, 0.1) is 4.88 Å². The quantitative estimate of drug-likeness (QED) is 0.870. The molecule has 5 heteroatoms. The summed E-state index contributed by atoms with van der Waals surface area (Å²) in [6, 6.07) is 11.3. The molecule has 23 heavy (non-hydrogen) atoms. The summed E-state index contributed by atoms with van der Waals surface area (Å²) in [6.07, 6.45) is 0.796. The van der Waals surface area contributed by atoms with Crippen LogP contribution in [0.15, 0.2) is 41.8 Å². The van der Waals surface area contributed by atoms with Gasteiger partial charge in [-0.3, -0.25) is 9.59 Å². The van der Waals surface area contributed by atoms with Crippen LogP contribution < -0.4 is 5.32 Å². The zero-order valence-electron chi connectivity index (χ0n) is 13.7. The van der Waals surface area contributed by atoms with Crippen molar-refractivity contribution < 1.29 is 9.59 Å². The number of nitrogens with zero attached hydrogens (tertiary/aromatic N) is 1. The molecule has 0 unspecified atom stereocenters. The van der Waals surface area contributed by atoms with Gasteiger partial charge in [-0.05, 0) is 29.5 Å². The zero-order chi connectivity index (χ0) is 16.8. The number of carbonyl (C=O) groups is 2. The number of rotatable bonds is 6. The van der Waals surface area contributed by atoms with Crippen molar-refractivity contribution in [2.45, 2.75) is 26.8 Å². The molecule has 122 valence electrons. The smallest absolute Gasteiger partial charge is 0.263 e. The number of para-hydroxylation sites is 1. The van der Waals surface area contributed by atoms with E-state index in [-0.39, 0.29) is 17.7 Å². The van der Waals surface area contributed by atoms with Crippen LogP contribution in [0.4, 0.5) is 5.69 Å². The Morgan fingerprint density at radius 2 is 1.96 bits per heavy atom. The minimum Gasteiger partial charge on any atom is -0.337 e. The Bertz CT molecular complexity index is 667. The summed E-state index contributed by atoms with van der Waals surface area (Å²) in [6.45, 7) is 4.35. The van der Waals surface area contributed by atoms with Gasteiger partial charge in [-0.15, -0.1) is 11.3 Å². The van der Waals surface area contributed by atoms with Gasteiger partial charge in [-0.1, -0.05) is 38.1 Å². The first-order valence-electron chi connectivity index (χ1n) is 7.70. The fourth-order valence-electron chi connectivity index (χ4n) is 2.14. The van der Waals surface area contributed by atoms with Crippen LogP contribution in [0, 0.1) is 5.92 Å². The van der Waals surface area contributed by atoms with E-state index in [0.29, 0.717) is 11.4 Å². The van der Waals surface area contributed by atoms with Crippen molar-refractivity contribution in [1.29, 1.82) is 0 Å². The number of nitrogens with one attached hydrogen (secondary N) is 1. The van der Waals surface area contributed by atoms with Gasteiger partial charge in [-0.25, -0.2) is 0 Å². The molecule has 0 aliphatic rings. The molecule has 0 radical (unpaired) electrons. The third kappa shape index (κ3) is 4.42. The van der Waals surface area contributed by atoms with Gasteiger partial charge in [0, 0.05) is 25.2 Å². The molecule has 4 nitrogen and oxygen atoms in total. The molecule has 0 aliphatic carbocycles. The van der Waals surface area contributed by atoms with Crippen molar-refractivity contribution in [3.05, 3.63) is 52.2 Å². The highest BCUT2D eigenvalue weighted by Crippen LogP contribution is 2.20. The average Bonchev–Trinajstić information content (AvgIpc) is 3.09. The third-order valence-corrected chi connectivity index (χ3v) is 4.68. The van der Waals surface area contributed by atoms with E-state index in [1.54, 1.807) is 11.9 Å². The predicted octanol–water partition coefficient (Wildman–Crippen LogP) is 4.00. The number of hydrogen-bond acceptors (Lipinski definition) is 3. The van der Waals surface area contributed by atoms with Crippen LogP contribution in [-0.4, -0.2) is 23.8 Å². The zero-order valence-corrected chi connectivity index (χ0v) is 14.5. The largest absolute Gasteiger partial charge is 0.337 e. The van der Waals surface area contributed by atoms with Crippen LogP contribution in [0.2, 0.25) is 0 Å². The Balaban J connectivity index is 2.11. The van der Waals surface area contributed by atoms with E-state index in [9.17, 15) is 9.59 Å². The summed E-state index contributed by atoms with van der Waals surface area (Å²) in [7, 11) is 1.77. The molecule has 0 bridgehead atoms. The minimum atomic E-state index is -0.0338. The SMILES string of the molecule is CC[C@H](C)C(=O)Nc1ccccc1CN(C)C(=O)c1cccs1. The van der Waals surface area contributed by atoms with Crippen molar-refractivity contribution in [3.8, 4) is 0 Å². The molecular formula is C18H22N2O2S. The maximum atomic E-state index is 12.3. The molecule has 0 spiro atoms. The number of amides is 2. The number of benzene rings is 1. The number of thiophene rings is 1. The van der Waals surface area contributed by atoms with Crippen LogP contribution in [0.1, 0.15) is 35.5 Å². The van der Waals surface area contributed by atoms with Crippen molar-refractivity contribution in [2.75, 3.05) is 12.4 Å². The molecule has 0 saturated carbocycles. The molecule has 1 aromatic carbocycles. The topological polar surface area (TPSA) is 49.4 Å². The first-order valence-corrected chi connectivity index (χ1v) is 8.58. The monoisotopic (exact) mass is 330 g/mol. The maximum absolute atomic E-state index is 12.3. The Morgan fingerprint density at radius 3 is 2.61 bits per heavy atom. The van der Waals surface area contributed by atoms with Gasteiger partial charge < -0.3 is 10.2 Å². The second-order valence-corrected chi connectivity index (χ2v) is 6.54. The summed E-state index contributed by atoms with van der Waals surface area (Å²) in [5.74, 6) is -0.0382. The van der Waals surface area contributed by atoms with Crippen molar-refractivity contribution in [2.24, 2.45) is 5.92 Å². The van der Waals surface area contributed by atoms with Crippen molar-refractivity contribution >= 4 is 28.8 Å². The molecule has 2 aromatic rings. The van der Waals surface area contributed by atoms with Crippen molar-refractivity contribution in [1.82, 2.24) is 4.90 Å². The summed E-state index contributed by atoms with van der Waals surface area (Å²) in [5.41, 5.74) is 1.69. The van der Waals surface area contributed by atoms with E-state index in [0.717, 1.165) is 17.7 Å². The van der Waals surface area contributed by atoms with Gasteiger partial charge in [0.25, 0.3) is 5.91 Å². The summed E-state index contributed by atoms with van der Waals surface area (Å²) in [5, 5.41) is 4.86. The fourth-order valence-corrected chi connectivity index (χ4v) is 2.85. The molecule has 0 saturated heterocycles. The van der Waals surface area contributed by atoms with E-state index in [1.165, 1.54) is 11.3 Å². The lowest BCUT2D eigenvalue weighted by molar-refractivity contribution is -0.119. The van der Waals surface area contributed by atoms with E-state index in [4.69, 9.17) is 0 Å². The summed E-state index contributed by atoms with van der Waals surface area (Å²) >= 11 is 1.43. The lowest BCUT2D eigenvalue weighted by atomic mass is 10.1. The van der Waals surface area contributed by atoms with Crippen LogP contribution in [0.25, 0.3) is 0 Å². The predicted molar refractivity (Wildman–Crippen MR) is 94.6 cm³/mol. The van der Waals surface area contributed by atoms with E-state index in [1.807, 2.05) is 55.6 Å².